The maximum atomic E-state index is 12.5. The Hall–Kier alpha value is -1.86. The van der Waals surface area contributed by atoms with Crippen molar-refractivity contribution >= 4 is 37.6 Å². The molecule has 22 heavy (non-hydrogen) atoms. The van der Waals surface area contributed by atoms with Crippen LogP contribution in [0.15, 0.2) is 45.8 Å². The van der Waals surface area contributed by atoms with Crippen molar-refractivity contribution in [3.05, 3.63) is 57.6 Å². The van der Waals surface area contributed by atoms with E-state index in [0.717, 1.165) is 11.6 Å². The predicted molar refractivity (Wildman–Crippen MR) is 87.8 cm³/mol. The molecule has 0 saturated heterocycles. The normalized spacial score (nSPS) is 11.2. The van der Waals surface area contributed by atoms with Crippen LogP contribution in [0, 0.1) is 13.8 Å². The van der Waals surface area contributed by atoms with Gasteiger partial charge in [0.2, 0.25) is 0 Å². The Morgan fingerprint density at radius 2 is 1.82 bits per heavy atom. The Bertz CT molecular complexity index is 847. The van der Waals surface area contributed by atoms with E-state index in [9.17, 15) is 13.2 Å². The molecule has 0 aliphatic rings. The van der Waals surface area contributed by atoms with Crippen LogP contribution in [-0.2, 0) is 10.0 Å². The average molecular weight is 384 g/mol. The number of benzene rings is 2. The summed E-state index contributed by atoms with van der Waals surface area (Å²) in [4.78, 5) is 11.0. The first-order valence-corrected chi connectivity index (χ1v) is 8.61. The van der Waals surface area contributed by atoms with Crippen LogP contribution in [-0.4, -0.2) is 19.5 Å². The Morgan fingerprint density at radius 1 is 1.14 bits per heavy atom. The molecule has 2 rings (SSSR count). The number of hydrogen-bond donors (Lipinski definition) is 2. The molecule has 0 heterocycles. The van der Waals surface area contributed by atoms with Crippen molar-refractivity contribution in [1.29, 1.82) is 0 Å². The van der Waals surface area contributed by atoms with E-state index in [1.807, 2.05) is 6.92 Å². The fourth-order valence-corrected chi connectivity index (χ4v) is 4.00. The standard InChI is InChI=1S/C15H14BrNO4S/c1-9-3-6-13(12(16)7-9)17-22(20,21)14-8-11(15(18)19)5-4-10(14)2/h3-8,17H,1-2H3,(H,18,19). The Labute approximate surface area is 137 Å². The second-order valence-corrected chi connectivity index (χ2v) is 7.38. The number of hydrogen-bond acceptors (Lipinski definition) is 3. The SMILES string of the molecule is Cc1ccc(NS(=O)(=O)c2cc(C(=O)O)ccc2C)c(Br)c1. The van der Waals surface area contributed by atoms with Gasteiger partial charge in [0.05, 0.1) is 16.1 Å². The van der Waals surface area contributed by atoms with Crippen molar-refractivity contribution in [2.45, 2.75) is 18.7 Å². The van der Waals surface area contributed by atoms with E-state index in [2.05, 4.69) is 20.7 Å². The van der Waals surface area contributed by atoms with Gasteiger partial charge in [0.25, 0.3) is 10.0 Å². The van der Waals surface area contributed by atoms with Crippen LogP contribution in [0.5, 0.6) is 0 Å². The molecule has 2 N–H and O–H groups in total. The van der Waals surface area contributed by atoms with Crippen LogP contribution in [0.1, 0.15) is 21.5 Å². The zero-order chi connectivity index (χ0) is 16.5. The molecule has 0 spiro atoms. The lowest BCUT2D eigenvalue weighted by atomic mass is 10.1. The number of sulfonamides is 1. The van der Waals surface area contributed by atoms with E-state index in [4.69, 9.17) is 5.11 Å². The van der Waals surface area contributed by atoms with Crippen molar-refractivity contribution in [2.24, 2.45) is 0 Å². The largest absolute Gasteiger partial charge is 0.478 e. The van der Waals surface area contributed by atoms with Gasteiger partial charge in [-0.2, -0.15) is 0 Å². The monoisotopic (exact) mass is 383 g/mol. The summed E-state index contributed by atoms with van der Waals surface area (Å²) in [5.41, 5.74) is 1.78. The van der Waals surface area contributed by atoms with Gasteiger partial charge in [-0.25, -0.2) is 13.2 Å². The van der Waals surface area contributed by atoms with Crippen molar-refractivity contribution in [1.82, 2.24) is 0 Å². The molecule has 0 aliphatic carbocycles. The van der Waals surface area contributed by atoms with Gasteiger partial charge in [-0.1, -0.05) is 12.1 Å². The number of carboxylic acid groups (broad SMARTS) is 1. The summed E-state index contributed by atoms with van der Waals surface area (Å²) in [6, 6.07) is 9.22. The number of nitrogens with one attached hydrogen (secondary N) is 1. The molecular weight excluding hydrogens is 370 g/mol. The minimum atomic E-state index is -3.88. The minimum absolute atomic E-state index is 0.0557. The van der Waals surface area contributed by atoms with E-state index in [-0.39, 0.29) is 10.5 Å². The second-order valence-electron chi connectivity index (χ2n) is 4.87. The number of aromatic carboxylic acids is 1. The number of halogens is 1. The zero-order valence-electron chi connectivity index (χ0n) is 11.9. The number of carbonyl (C=O) groups is 1. The molecule has 2 aromatic carbocycles. The van der Waals surface area contributed by atoms with E-state index >= 15 is 0 Å². The number of rotatable bonds is 4. The Morgan fingerprint density at radius 3 is 2.41 bits per heavy atom. The highest BCUT2D eigenvalue weighted by Crippen LogP contribution is 2.27. The summed E-state index contributed by atoms with van der Waals surface area (Å²) in [6.07, 6.45) is 0. The third-order valence-electron chi connectivity index (χ3n) is 3.09. The highest BCUT2D eigenvalue weighted by atomic mass is 79.9. The van der Waals surface area contributed by atoms with Crippen LogP contribution < -0.4 is 4.72 Å². The maximum Gasteiger partial charge on any atom is 0.335 e. The third-order valence-corrected chi connectivity index (χ3v) is 5.26. The van der Waals surface area contributed by atoms with E-state index < -0.39 is 16.0 Å². The fraction of sp³-hybridized carbons (Fsp3) is 0.133. The highest BCUT2D eigenvalue weighted by molar-refractivity contribution is 9.10. The van der Waals surface area contributed by atoms with Gasteiger partial charge in [-0.05, 0) is 65.2 Å². The van der Waals surface area contributed by atoms with E-state index in [1.54, 1.807) is 25.1 Å². The summed E-state index contributed by atoms with van der Waals surface area (Å²) < 4.78 is 28.1. The summed E-state index contributed by atoms with van der Waals surface area (Å²) >= 11 is 3.31. The van der Waals surface area contributed by atoms with Crippen LogP contribution in [0.25, 0.3) is 0 Å². The first-order valence-electron chi connectivity index (χ1n) is 6.33. The first kappa shape index (κ1) is 16.5. The summed E-state index contributed by atoms with van der Waals surface area (Å²) in [5.74, 6) is -1.17. The summed E-state index contributed by atoms with van der Waals surface area (Å²) in [7, 11) is -3.88. The van der Waals surface area contributed by atoms with E-state index in [0.29, 0.717) is 15.7 Å². The summed E-state index contributed by atoms with van der Waals surface area (Å²) in [6.45, 7) is 3.51. The van der Waals surface area contributed by atoms with Crippen LogP contribution in [0.2, 0.25) is 0 Å². The van der Waals surface area contributed by atoms with Gasteiger partial charge >= 0.3 is 5.97 Å². The molecule has 116 valence electrons. The minimum Gasteiger partial charge on any atom is -0.478 e. The molecule has 0 aliphatic heterocycles. The maximum absolute atomic E-state index is 12.5. The predicted octanol–water partition coefficient (Wildman–Crippen LogP) is 3.56. The smallest absolute Gasteiger partial charge is 0.335 e. The molecule has 0 amide bonds. The van der Waals surface area contributed by atoms with Gasteiger partial charge in [-0.3, -0.25) is 4.72 Å². The van der Waals surface area contributed by atoms with Gasteiger partial charge in [0.15, 0.2) is 0 Å². The molecule has 0 saturated carbocycles. The zero-order valence-corrected chi connectivity index (χ0v) is 14.3. The van der Waals surface area contributed by atoms with Crippen LogP contribution in [0.3, 0.4) is 0 Å². The molecule has 0 radical (unpaired) electrons. The fourth-order valence-electron chi connectivity index (χ4n) is 1.93. The Kier molecular flexibility index (Phi) is 4.58. The van der Waals surface area contributed by atoms with Crippen molar-refractivity contribution < 1.29 is 18.3 Å². The number of anilines is 1. The average Bonchev–Trinajstić information content (AvgIpc) is 2.42. The molecule has 0 fully saturated rings. The van der Waals surface area contributed by atoms with Crippen LogP contribution in [0.4, 0.5) is 5.69 Å². The summed E-state index contributed by atoms with van der Waals surface area (Å²) in [5, 5.41) is 9.01. The molecule has 5 nitrogen and oxygen atoms in total. The van der Waals surface area contributed by atoms with Crippen LogP contribution >= 0.6 is 15.9 Å². The van der Waals surface area contributed by atoms with Gasteiger partial charge in [0.1, 0.15) is 0 Å². The first-order chi connectivity index (χ1) is 10.2. The molecule has 0 atom stereocenters. The van der Waals surface area contributed by atoms with Crippen molar-refractivity contribution in [3.63, 3.8) is 0 Å². The Balaban J connectivity index is 2.46. The highest BCUT2D eigenvalue weighted by Gasteiger charge is 2.20. The lowest BCUT2D eigenvalue weighted by Gasteiger charge is -2.12. The second kappa shape index (κ2) is 6.10. The number of aryl methyl sites for hydroxylation is 2. The van der Waals surface area contributed by atoms with Gasteiger partial charge in [-0.15, -0.1) is 0 Å². The van der Waals surface area contributed by atoms with Gasteiger partial charge in [0, 0.05) is 4.47 Å². The molecule has 0 aromatic heterocycles. The lowest BCUT2D eigenvalue weighted by Crippen LogP contribution is -2.15. The molecule has 7 heteroatoms. The number of carboxylic acids is 1. The molecule has 0 unspecified atom stereocenters. The van der Waals surface area contributed by atoms with Crippen molar-refractivity contribution in [2.75, 3.05) is 4.72 Å². The van der Waals surface area contributed by atoms with E-state index in [1.165, 1.54) is 12.1 Å². The van der Waals surface area contributed by atoms with Gasteiger partial charge < -0.3 is 5.11 Å². The lowest BCUT2D eigenvalue weighted by molar-refractivity contribution is 0.0696. The topological polar surface area (TPSA) is 83.5 Å². The molecule has 2 aromatic rings. The van der Waals surface area contributed by atoms with Crippen molar-refractivity contribution in [3.8, 4) is 0 Å². The quantitative estimate of drug-likeness (QED) is 0.844. The molecular formula is C15H14BrNO4S. The molecule has 0 bridgehead atoms. The third kappa shape index (κ3) is 3.48.